The highest BCUT2D eigenvalue weighted by Crippen LogP contribution is 2.26. The van der Waals surface area contributed by atoms with E-state index in [4.69, 9.17) is 5.11 Å². The van der Waals surface area contributed by atoms with Crippen molar-refractivity contribution in [2.24, 2.45) is 0 Å². The van der Waals surface area contributed by atoms with Crippen molar-refractivity contribution in [3.63, 3.8) is 0 Å². The topological polar surface area (TPSA) is 83.5 Å². The van der Waals surface area contributed by atoms with Gasteiger partial charge in [-0.15, -0.1) is 0 Å². The normalized spacial score (nSPS) is 13.4. The van der Waals surface area contributed by atoms with Gasteiger partial charge in [0.25, 0.3) is 0 Å². The largest absolute Gasteiger partial charge is 0.481 e. The van der Waals surface area contributed by atoms with Crippen molar-refractivity contribution in [2.45, 2.75) is 43.5 Å². The molecule has 0 aliphatic carbocycles. The number of carbonyl (C=O) groups is 1. The number of carboxylic acids is 1. The van der Waals surface area contributed by atoms with E-state index < -0.39 is 22.0 Å². The lowest BCUT2D eigenvalue weighted by atomic mass is 9.86. The summed E-state index contributed by atoms with van der Waals surface area (Å²) in [5, 5.41) is 9.16. The SMILES string of the molecule is CC(C)(C)c1ccc(C(CC(=O)O)NS(=O)(=O)c2ccccc2)cc1. The first-order valence-electron chi connectivity index (χ1n) is 7.99. The third-order valence-corrected chi connectivity index (χ3v) is 5.40. The maximum Gasteiger partial charge on any atom is 0.305 e. The minimum absolute atomic E-state index is 0.0373. The van der Waals surface area contributed by atoms with Crippen molar-refractivity contribution in [3.8, 4) is 0 Å². The van der Waals surface area contributed by atoms with Gasteiger partial charge in [0.1, 0.15) is 0 Å². The van der Waals surface area contributed by atoms with Crippen LogP contribution in [-0.4, -0.2) is 19.5 Å². The molecule has 0 radical (unpaired) electrons. The Morgan fingerprint density at radius 2 is 1.60 bits per heavy atom. The molecular formula is C19H23NO4S. The van der Waals surface area contributed by atoms with E-state index in [1.54, 1.807) is 30.3 Å². The smallest absolute Gasteiger partial charge is 0.305 e. The molecule has 5 nitrogen and oxygen atoms in total. The van der Waals surface area contributed by atoms with Crippen LogP contribution in [0.3, 0.4) is 0 Å². The Morgan fingerprint density at radius 1 is 1.04 bits per heavy atom. The Labute approximate surface area is 148 Å². The number of hydrogen-bond donors (Lipinski definition) is 2. The molecule has 0 aromatic heterocycles. The summed E-state index contributed by atoms with van der Waals surface area (Å²) in [6, 6.07) is 14.4. The van der Waals surface area contributed by atoms with Crippen LogP contribution in [0.2, 0.25) is 0 Å². The standard InChI is InChI=1S/C19H23NO4S/c1-19(2,3)15-11-9-14(10-12-15)17(13-18(21)22)20-25(23,24)16-7-5-4-6-8-16/h4-12,17,20H,13H2,1-3H3,(H,21,22). The van der Waals surface area contributed by atoms with E-state index in [1.165, 1.54) is 12.1 Å². The van der Waals surface area contributed by atoms with Gasteiger partial charge in [-0.25, -0.2) is 13.1 Å². The molecule has 0 amide bonds. The molecule has 0 fully saturated rings. The van der Waals surface area contributed by atoms with Crippen molar-refractivity contribution in [2.75, 3.05) is 0 Å². The third-order valence-electron chi connectivity index (χ3n) is 3.91. The maximum atomic E-state index is 12.5. The van der Waals surface area contributed by atoms with Crippen molar-refractivity contribution >= 4 is 16.0 Å². The van der Waals surface area contributed by atoms with Crippen LogP contribution in [0.15, 0.2) is 59.5 Å². The fourth-order valence-electron chi connectivity index (χ4n) is 2.47. The van der Waals surface area contributed by atoms with Gasteiger partial charge in [0.15, 0.2) is 0 Å². The molecule has 0 spiro atoms. The fourth-order valence-corrected chi connectivity index (χ4v) is 3.72. The molecule has 0 aliphatic heterocycles. The van der Waals surface area contributed by atoms with Crippen LogP contribution in [0.4, 0.5) is 0 Å². The molecular weight excluding hydrogens is 338 g/mol. The number of hydrogen-bond acceptors (Lipinski definition) is 3. The first-order chi connectivity index (χ1) is 11.6. The van der Waals surface area contributed by atoms with E-state index in [9.17, 15) is 13.2 Å². The Balaban J connectivity index is 2.32. The second-order valence-electron chi connectivity index (χ2n) is 6.96. The summed E-state index contributed by atoms with van der Waals surface area (Å²) in [7, 11) is -3.81. The molecule has 0 saturated heterocycles. The molecule has 2 N–H and O–H groups in total. The Morgan fingerprint density at radius 3 is 2.08 bits per heavy atom. The van der Waals surface area contributed by atoms with Gasteiger partial charge in [-0.2, -0.15) is 0 Å². The number of sulfonamides is 1. The van der Waals surface area contributed by atoms with Crippen molar-refractivity contribution in [1.82, 2.24) is 4.72 Å². The highest BCUT2D eigenvalue weighted by atomic mass is 32.2. The zero-order valence-corrected chi connectivity index (χ0v) is 15.4. The summed E-state index contributed by atoms with van der Waals surface area (Å²) in [5.41, 5.74) is 1.68. The predicted octanol–water partition coefficient (Wildman–Crippen LogP) is 3.48. The molecule has 1 unspecified atom stereocenters. The van der Waals surface area contributed by atoms with Gasteiger partial charge < -0.3 is 5.11 Å². The minimum atomic E-state index is -3.81. The highest BCUT2D eigenvalue weighted by Gasteiger charge is 2.24. The molecule has 0 aliphatic rings. The zero-order chi connectivity index (χ0) is 18.7. The molecule has 134 valence electrons. The highest BCUT2D eigenvalue weighted by molar-refractivity contribution is 7.89. The lowest BCUT2D eigenvalue weighted by molar-refractivity contribution is -0.137. The second kappa shape index (κ2) is 7.37. The summed E-state index contributed by atoms with van der Waals surface area (Å²) in [6.45, 7) is 6.23. The predicted molar refractivity (Wildman–Crippen MR) is 96.9 cm³/mol. The van der Waals surface area contributed by atoms with Crippen LogP contribution in [0.1, 0.15) is 44.4 Å². The van der Waals surface area contributed by atoms with E-state index >= 15 is 0 Å². The lowest BCUT2D eigenvalue weighted by Crippen LogP contribution is -2.30. The summed E-state index contributed by atoms with van der Waals surface area (Å²) in [5.74, 6) is -1.07. The van der Waals surface area contributed by atoms with Crippen molar-refractivity contribution in [3.05, 3.63) is 65.7 Å². The number of aliphatic carboxylic acids is 1. The maximum absolute atomic E-state index is 12.5. The van der Waals surface area contributed by atoms with Crippen LogP contribution in [0.25, 0.3) is 0 Å². The van der Waals surface area contributed by atoms with Crippen LogP contribution in [0.5, 0.6) is 0 Å². The van der Waals surface area contributed by atoms with Crippen LogP contribution >= 0.6 is 0 Å². The van der Waals surface area contributed by atoms with E-state index in [0.717, 1.165) is 5.56 Å². The molecule has 6 heteroatoms. The second-order valence-corrected chi connectivity index (χ2v) is 8.67. The van der Waals surface area contributed by atoms with Gasteiger partial charge in [0.2, 0.25) is 10.0 Å². The average molecular weight is 361 g/mol. The summed E-state index contributed by atoms with van der Waals surface area (Å²) >= 11 is 0. The van der Waals surface area contributed by atoms with E-state index in [0.29, 0.717) is 5.56 Å². The zero-order valence-electron chi connectivity index (χ0n) is 14.6. The first kappa shape index (κ1) is 19.1. The molecule has 2 aromatic rings. The molecule has 2 rings (SSSR count). The van der Waals surface area contributed by atoms with E-state index in [1.807, 2.05) is 12.1 Å². The van der Waals surface area contributed by atoms with Crippen LogP contribution < -0.4 is 4.72 Å². The molecule has 0 heterocycles. The molecule has 0 saturated carbocycles. The summed E-state index contributed by atoms with van der Waals surface area (Å²) in [4.78, 5) is 11.3. The number of carboxylic acid groups (broad SMARTS) is 1. The van der Waals surface area contributed by atoms with Gasteiger partial charge in [-0.1, -0.05) is 63.2 Å². The van der Waals surface area contributed by atoms with Crippen molar-refractivity contribution in [1.29, 1.82) is 0 Å². The van der Waals surface area contributed by atoms with Crippen molar-refractivity contribution < 1.29 is 18.3 Å². The summed E-state index contributed by atoms with van der Waals surface area (Å²) < 4.78 is 27.5. The monoisotopic (exact) mass is 361 g/mol. The quantitative estimate of drug-likeness (QED) is 0.825. The number of rotatable bonds is 6. The van der Waals surface area contributed by atoms with Gasteiger partial charge in [-0.05, 0) is 28.7 Å². The van der Waals surface area contributed by atoms with Crippen LogP contribution in [-0.2, 0) is 20.2 Å². The Kier molecular flexibility index (Phi) is 5.65. The van der Waals surface area contributed by atoms with Gasteiger partial charge in [0, 0.05) is 0 Å². The lowest BCUT2D eigenvalue weighted by Gasteiger charge is -2.21. The van der Waals surface area contributed by atoms with Gasteiger partial charge >= 0.3 is 5.97 Å². The first-order valence-corrected chi connectivity index (χ1v) is 9.47. The Bertz CT molecular complexity index is 822. The molecule has 0 bridgehead atoms. The Hall–Kier alpha value is -2.18. The fraction of sp³-hybridized carbons (Fsp3) is 0.316. The number of nitrogens with one attached hydrogen (secondary N) is 1. The van der Waals surface area contributed by atoms with Gasteiger partial charge in [-0.3, -0.25) is 4.79 Å². The van der Waals surface area contributed by atoms with E-state index in [-0.39, 0.29) is 16.7 Å². The minimum Gasteiger partial charge on any atom is -0.481 e. The van der Waals surface area contributed by atoms with Crippen LogP contribution in [0, 0.1) is 0 Å². The van der Waals surface area contributed by atoms with E-state index in [2.05, 4.69) is 25.5 Å². The number of benzene rings is 2. The summed E-state index contributed by atoms with van der Waals surface area (Å²) in [6.07, 6.45) is -0.332. The molecule has 1 atom stereocenters. The molecule has 25 heavy (non-hydrogen) atoms. The van der Waals surface area contributed by atoms with Gasteiger partial charge in [0.05, 0.1) is 17.4 Å². The molecule has 2 aromatic carbocycles. The average Bonchev–Trinajstić information content (AvgIpc) is 2.54. The third kappa shape index (κ3) is 5.14.